The van der Waals surface area contributed by atoms with Crippen LogP contribution >= 0.6 is 0 Å². The molecule has 2 aromatic rings. The highest BCUT2D eigenvalue weighted by Gasteiger charge is 2.41. The topological polar surface area (TPSA) is 67.6 Å². The second-order valence-electron chi connectivity index (χ2n) is 7.36. The highest BCUT2D eigenvalue weighted by atomic mass is 16.5. The Kier molecular flexibility index (Phi) is 4.44. The van der Waals surface area contributed by atoms with Gasteiger partial charge in [-0.15, -0.1) is 0 Å². The van der Waals surface area contributed by atoms with Crippen molar-refractivity contribution < 1.29 is 14.6 Å². The summed E-state index contributed by atoms with van der Waals surface area (Å²) in [5.41, 5.74) is 0.613. The van der Waals surface area contributed by atoms with Gasteiger partial charge in [0.25, 0.3) is 5.91 Å². The first kappa shape index (κ1) is 17.1. The molecule has 138 valence electrons. The number of β-amino-alcohol motifs (C(OH)–C–C–N with tert-alkyl or cyclic N) is 1. The van der Waals surface area contributed by atoms with Crippen LogP contribution in [0.4, 0.5) is 0 Å². The fraction of sp³-hybridized carbons (Fsp3) is 0.500. The molecular formula is C20H25N3O3. The molecule has 1 atom stereocenters. The van der Waals surface area contributed by atoms with E-state index >= 15 is 0 Å². The number of aromatic nitrogens is 2. The Morgan fingerprint density at radius 2 is 2.12 bits per heavy atom. The molecule has 0 radical (unpaired) electrons. The molecule has 1 saturated carbocycles. The van der Waals surface area contributed by atoms with Crippen LogP contribution in [-0.2, 0) is 6.54 Å². The second kappa shape index (κ2) is 6.76. The lowest BCUT2D eigenvalue weighted by molar-refractivity contribution is 0.00429. The van der Waals surface area contributed by atoms with E-state index in [1.54, 1.807) is 4.90 Å². The Morgan fingerprint density at radius 3 is 2.81 bits per heavy atom. The van der Waals surface area contributed by atoms with Gasteiger partial charge in [-0.1, -0.05) is 18.2 Å². The van der Waals surface area contributed by atoms with Crippen LogP contribution in [0.3, 0.4) is 0 Å². The first-order valence-electron chi connectivity index (χ1n) is 9.35. The Balaban J connectivity index is 1.43. The first-order valence-corrected chi connectivity index (χ1v) is 9.35. The van der Waals surface area contributed by atoms with E-state index in [0.29, 0.717) is 31.0 Å². The molecule has 2 fully saturated rings. The number of rotatable bonds is 6. The molecule has 0 spiro atoms. The Morgan fingerprint density at radius 1 is 1.35 bits per heavy atom. The van der Waals surface area contributed by atoms with E-state index in [2.05, 4.69) is 5.10 Å². The summed E-state index contributed by atoms with van der Waals surface area (Å²) in [7, 11) is 0. The van der Waals surface area contributed by atoms with Gasteiger partial charge in [-0.25, -0.2) is 0 Å². The average molecular weight is 355 g/mol. The molecule has 0 bridgehead atoms. The zero-order chi connectivity index (χ0) is 18.1. The number of hydrogen-bond acceptors (Lipinski definition) is 4. The molecule has 1 aliphatic carbocycles. The van der Waals surface area contributed by atoms with Crippen LogP contribution in [0.5, 0.6) is 5.75 Å². The minimum atomic E-state index is -1.01. The number of hydrogen-bond donors (Lipinski definition) is 1. The Bertz CT molecular complexity index is 785. The van der Waals surface area contributed by atoms with Gasteiger partial charge >= 0.3 is 0 Å². The average Bonchev–Trinajstić information content (AvgIpc) is 3.30. The maximum Gasteiger partial charge on any atom is 0.257 e. The molecule has 1 aliphatic heterocycles. The van der Waals surface area contributed by atoms with E-state index in [1.165, 1.54) is 0 Å². The smallest absolute Gasteiger partial charge is 0.257 e. The Labute approximate surface area is 153 Å². The quantitative estimate of drug-likeness (QED) is 0.864. The van der Waals surface area contributed by atoms with Gasteiger partial charge in [0.05, 0.1) is 17.8 Å². The minimum Gasteiger partial charge on any atom is -0.491 e. The van der Waals surface area contributed by atoms with Crippen molar-refractivity contribution >= 4 is 5.91 Å². The first-order chi connectivity index (χ1) is 12.6. The van der Waals surface area contributed by atoms with Crippen molar-refractivity contribution in [3.05, 3.63) is 47.8 Å². The molecule has 2 aliphatic rings. The third-order valence-electron chi connectivity index (χ3n) is 5.18. The van der Waals surface area contributed by atoms with E-state index in [1.807, 2.05) is 48.1 Å². The van der Waals surface area contributed by atoms with Crippen molar-refractivity contribution in [1.29, 1.82) is 0 Å². The van der Waals surface area contributed by atoms with Crippen molar-refractivity contribution in [3.63, 3.8) is 0 Å². The van der Waals surface area contributed by atoms with Crippen molar-refractivity contribution in [1.82, 2.24) is 14.7 Å². The molecule has 1 aromatic heterocycles. The molecule has 1 saturated heterocycles. The van der Waals surface area contributed by atoms with Crippen molar-refractivity contribution in [2.75, 3.05) is 19.7 Å². The van der Waals surface area contributed by atoms with Crippen LogP contribution in [0.25, 0.3) is 0 Å². The highest BCUT2D eigenvalue weighted by molar-refractivity contribution is 5.95. The zero-order valence-electron chi connectivity index (χ0n) is 15.1. The summed E-state index contributed by atoms with van der Waals surface area (Å²) in [5.74, 6) is 1.12. The molecule has 2 heterocycles. The minimum absolute atomic E-state index is 0.0257. The van der Waals surface area contributed by atoms with Crippen LogP contribution in [-0.4, -0.2) is 51.0 Å². The van der Waals surface area contributed by atoms with Crippen LogP contribution in [0.1, 0.15) is 48.2 Å². The summed E-state index contributed by atoms with van der Waals surface area (Å²) in [4.78, 5) is 14.7. The molecule has 1 amide bonds. The van der Waals surface area contributed by atoms with E-state index < -0.39 is 5.60 Å². The molecular weight excluding hydrogens is 330 g/mol. The van der Waals surface area contributed by atoms with Gasteiger partial charge in [0, 0.05) is 25.2 Å². The predicted octanol–water partition coefficient (Wildman–Crippen LogP) is 2.44. The monoisotopic (exact) mass is 355 g/mol. The number of amides is 1. The van der Waals surface area contributed by atoms with Crippen LogP contribution < -0.4 is 4.74 Å². The maximum atomic E-state index is 13.0. The number of nitrogens with zero attached hydrogens (tertiary/aromatic N) is 3. The summed E-state index contributed by atoms with van der Waals surface area (Å²) in [6, 6.07) is 9.44. The molecule has 1 unspecified atom stereocenters. The largest absolute Gasteiger partial charge is 0.491 e. The van der Waals surface area contributed by atoms with E-state index in [0.717, 1.165) is 30.8 Å². The Hall–Kier alpha value is -2.34. The fourth-order valence-corrected chi connectivity index (χ4v) is 3.47. The van der Waals surface area contributed by atoms with Crippen molar-refractivity contribution in [2.45, 2.75) is 44.2 Å². The molecule has 4 rings (SSSR count). The zero-order valence-corrected chi connectivity index (χ0v) is 15.1. The van der Waals surface area contributed by atoms with Crippen LogP contribution in [0.2, 0.25) is 0 Å². The number of carbonyl (C=O) groups is 1. The SMILES string of the molecule is CCn1cc(C(=O)N2CCC(O)(COc3ccccc3)C2)c(C2CC2)n1. The molecule has 6 heteroatoms. The summed E-state index contributed by atoms with van der Waals surface area (Å²) in [6.45, 7) is 3.79. The van der Waals surface area contributed by atoms with Gasteiger partial charge in [-0.05, 0) is 38.3 Å². The van der Waals surface area contributed by atoms with Crippen LogP contribution in [0.15, 0.2) is 36.5 Å². The number of aliphatic hydroxyl groups is 1. The maximum absolute atomic E-state index is 13.0. The van der Waals surface area contributed by atoms with Gasteiger partial charge in [-0.2, -0.15) is 5.10 Å². The predicted molar refractivity (Wildman–Crippen MR) is 97.3 cm³/mol. The van der Waals surface area contributed by atoms with Crippen molar-refractivity contribution in [2.24, 2.45) is 0 Å². The van der Waals surface area contributed by atoms with E-state index in [4.69, 9.17) is 4.74 Å². The van der Waals surface area contributed by atoms with Gasteiger partial charge in [-0.3, -0.25) is 9.48 Å². The highest BCUT2D eigenvalue weighted by Crippen LogP contribution is 2.41. The van der Waals surface area contributed by atoms with E-state index in [-0.39, 0.29) is 12.5 Å². The third kappa shape index (κ3) is 3.46. The number of para-hydroxylation sites is 1. The van der Waals surface area contributed by atoms with Gasteiger partial charge in [0.2, 0.25) is 0 Å². The lowest BCUT2D eigenvalue weighted by Gasteiger charge is -2.23. The fourth-order valence-electron chi connectivity index (χ4n) is 3.47. The van der Waals surface area contributed by atoms with Crippen LogP contribution in [0, 0.1) is 0 Å². The molecule has 1 aromatic carbocycles. The number of likely N-dealkylation sites (tertiary alicyclic amines) is 1. The van der Waals surface area contributed by atoms with E-state index in [9.17, 15) is 9.90 Å². The second-order valence-corrected chi connectivity index (χ2v) is 7.36. The molecule has 26 heavy (non-hydrogen) atoms. The lowest BCUT2D eigenvalue weighted by Crippen LogP contribution is -2.40. The number of carbonyl (C=O) groups excluding carboxylic acids is 1. The third-order valence-corrected chi connectivity index (χ3v) is 5.18. The van der Waals surface area contributed by atoms with Gasteiger partial charge in [0.15, 0.2) is 0 Å². The number of ether oxygens (including phenoxy) is 1. The standard InChI is InChI=1S/C20H25N3O3/c1-2-23-12-17(18(21-23)15-8-9-15)19(24)22-11-10-20(25,13-22)14-26-16-6-4-3-5-7-16/h3-7,12,15,25H,2,8-11,13-14H2,1H3. The summed E-state index contributed by atoms with van der Waals surface area (Å²) in [5, 5.41) is 15.4. The summed E-state index contributed by atoms with van der Waals surface area (Å²) >= 11 is 0. The van der Waals surface area contributed by atoms with Gasteiger partial charge < -0.3 is 14.7 Å². The van der Waals surface area contributed by atoms with Gasteiger partial charge in [0.1, 0.15) is 18.0 Å². The number of aryl methyl sites for hydroxylation is 1. The number of benzene rings is 1. The summed E-state index contributed by atoms with van der Waals surface area (Å²) < 4.78 is 7.55. The normalized spacial score (nSPS) is 22.6. The lowest BCUT2D eigenvalue weighted by atomic mass is 10.1. The molecule has 1 N–H and O–H groups in total. The molecule has 6 nitrogen and oxygen atoms in total. The van der Waals surface area contributed by atoms with Crippen molar-refractivity contribution in [3.8, 4) is 5.75 Å². The summed E-state index contributed by atoms with van der Waals surface area (Å²) in [6.07, 6.45) is 4.59.